The third-order valence-corrected chi connectivity index (χ3v) is 4.64. The molecule has 0 atom stereocenters. The van der Waals surface area contributed by atoms with Crippen LogP contribution in [0.2, 0.25) is 0 Å². The Labute approximate surface area is 151 Å². The number of ether oxygens (including phenoxy) is 2. The highest BCUT2D eigenvalue weighted by Gasteiger charge is 2.10. The van der Waals surface area contributed by atoms with E-state index in [-0.39, 0.29) is 6.61 Å². The topological polar surface area (TPSA) is 99.4 Å². The average Bonchev–Trinajstić information content (AvgIpc) is 3.23. The first-order valence-corrected chi connectivity index (χ1v) is 8.92. The zero-order valence-corrected chi connectivity index (χ0v) is 14.9. The molecule has 10 heteroatoms. The number of carbonyl (C=O) groups excluding carboxylic acids is 1. The molecule has 0 spiro atoms. The van der Waals surface area contributed by atoms with E-state index in [4.69, 9.17) is 9.15 Å². The maximum Gasteiger partial charge on any atom is 0.413 e. The highest BCUT2D eigenvalue weighted by atomic mass is 32.2. The van der Waals surface area contributed by atoms with Gasteiger partial charge in [0.15, 0.2) is 11.7 Å². The van der Waals surface area contributed by atoms with E-state index in [1.165, 1.54) is 30.2 Å². The number of methoxy groups -OCH3 is 1. The number of carbonyl (C=O) groups is 1. The molecular formula is C15H14N4O4S2. The van der Waals surface area contributed by atoms with E-state index in [1.54, 1.807) is 12.1 Å². The molecule has 1 amide bonds. The molecule has 0 aliphatic heterocycles. The van der Waals surface area contributed by atoms with Crippen molar-refractivity contribution in [3.8, 4) is 5.75 Å². The normalized spacial score (nSPS) is 10.6. The number of rotatable bonds is 7. The summed E-state index contributed by atoms with van der Waals surface area (Å²) in [6.07, 6.45) is 1.20. The third-order valence-electron chi connectivity index (χ3n) is 2.89. The van der Waals surface area contributed by atoms with Gasteiger partial charge in [0, 0.05) is 5.75 Å². The lowest BCUT2D eigenvalue weighted by molar-refractivity contribution is 0.187. The van der Waals surface area contributed by atoms with Gasteiger partial charge in [0.2, 0.25) is 0 Å². The van der Waals surface area contributed by atoms with Crippen molar-refractivity contribution in [2.75, 3.05) is 18.2 Å². The van der Waals surface area contributed by atoms with Crippen molar-refractivity contribution < 1.29 is 18.7 Å². The standard InChI is InChI=1S/C15H14N4O4S2/c1-3-6-24-15-19-18-12(23-15)8-22-9-4-5-10-11(7-9)25-13(16-10)17-14(20)21-2/h3-5,7H,1,6,8H2,2H3,(H,16,17,20). The zero-order chi connectivity index (χ0) is 17.6. The Bertz CT molecular complexity index is 893. The number of benzene rings is 1. The van der Waals surface area contributed by atoms with Gasteiger partial charge >= 0.3 is 6.09 Å². The largest absolute Gasteiger partial charge is 0.484 e. The molecule has 0 fully saturated rings. The number of nitrogens with zero attached hydrogens (tertiary/aromatic N) is 3. The molecule has 1 N–H and O–H groups in total. The van der Waals surface area contributed by atoms with Crippen LogP contribution < -0.4 is 10.1 Å². The van der Waals surface area contributed by atoms with Crippen LogP contribution in [0.5, 0.6) is 5.75 Å². The number of thioether (sulfide) groups is 1. The first kappa shape index (κ1) is 17.2. The van der Waals surface area contributed by atoms with E-state index in [0.717, 1.165) is 10.2 Å². The highest BCUT2D eigenvalue weighted by Crippen LogP contribution is 2.29. The summed E-state index contributed by atoms with van der Waals surface area (Å²) < 4.78 is 16.5. The molecule has 0 unspecified atom stereocenters. The molecule has 2 aromatic heterocycles. The second kappa shape index (κ2) is 7.99. The quantitative estimate of drug-likeness (QED) is 0.490. The predicted molar refractivity (Wildman–Crippen MR) is 95.2 cm³/mol. The number of hydrogen-bond acceptors (Lipinski definition) is 9. The van der Waals surface area contributed by atoms with E-state index in [0.29, 0.717) is 27.7 Å². The predicted octanol–water partition coefficient (Wildman–Crippen LogP) is 3.71. The molecule has 130 valence electrons. The number of amides is 1. The van der Waals surface area contributed by atoms with Gasteiger partial charge in [-0.3, -0.25) is 5.32 Å². The summed E-state index contributed by atoms with van der Waals surface area (Å²) in [5, 5.41) is 11.3. The number of anilines is 1. The van der Waals surface area contributed by atoms with E-state index in [1.807, 2.05) is 12.1 Å². The first-order chi connectivity index (χ1) is 12.2. The Balaban J connectivity index is 1.64. The summed E-state index contributed by atoms with van der Waals surface area (Å²) >= 11 is 2.73. The number of nitrogens with one attached hydrogen (secondary N) is 1. The average molecular weight is 378 g/mol. The molecule has 8 nitrogen and oxygen atoms in total. The van der Waals surface area contributed by atoms with E-state index >= 15 is 0 Å². The second-order valence-corrected chi connectivity index (χ2v) is 6.62. The summed E-state index contributed by atoms with van der Waals surface area (Å²) in [4.78, 5) is 15.5. The van der Waals surface area contributed by atoms with Crippen LogP contribution in [-0.4, -0.2) is 34.1 Å². The molecule has 0 aliphatic carbocycles. The molecule has 1 aromatic carbocycles. The van der Waals surface area contributed by atoms with Crippen molar-refractivity contribution in [1.82, 2.24) is 15.2 Å². The molecule has 3 rings (SSSR count). The SMILES string of the molecule is C=CCSc1nnc(COc2ccc3nc(NC(=O)OC)sc3c2)o1. The molecule has 2 heterocycles. The maximum absolute atomic E-state index is 11.2. The number of aromatic nitrogens is 3. The van der Waals surface area contributed by atoms with Gasteiger partial charge in [0.1, 0.15) is 5.75 Å². The number of thiazole rings is 1. The van der Waals surface area contributed by atoms with Gasteiger partial charge in [-0.2, -0.15) is 0 Å². The molecule has 0 saturated carbocycles. The van der Waals surface area contributed by atoms with E-state index < -0.39 is 6.09 Å². The van der Waals surface area contributed by atoms with Gasteiger partial charge in [0.05, 0.1) is 17.3 Å². The maximum atomic E-state index is 11.2. The molecule has 0 aliphatic rings. The summed E-state index contributed by atoms with van der Waals surface area (Å²) in [7, 11) is 1.30. The van der Waals surface area contributed by atoms with E-state index in [2.05, 4.69) is 31.8 Å². The van der Waals surface area contributed by atoms with Gasteiger partial charge in [-0.25, -0.2) is 9.78 Å². The Hall–Kier alpha value is -2.59. The highest BCUT2D eigenvalue weighted by molar-refractivity contribution is 7.99. The summed E-state index contributed by atoms with van der Waals surface area (Å²) in [6, 6.07) is 5.43. The lowest BCUT2D eigenvalue weighted by Crippen LogP contribution is -2.10. The molecule has 0 bridgehead atoms. The summed E-state index contributed by atoms with van der Waals surface area (Å²) in [5.41, 5.74) is 0.754. The molecule has 3 aromatic rings. The second-order valence-electron chi connectivity index (χ2n) is 4.62. The van der Waals surface area contributed by atoms with Crippen LogP contribution >= 0.6 is 23.1 Å². The lowest BCUT2D eigenvalue weighted by Gasteiger charge is -2.02. The van der Waals surface area contributed by atoms with Gasteiger partial charge in [-0.1, -0.05) is 29.2 Å². The summed E-state index contributed by atoms with van der Waals surface area (Å²) in [5.74, 6) is 1.73. The van der Waals surface area contributed by atoms with Gasteiger partial charge in [-0.15, -0.1) is 16.8 Å². The lowest BCUT2D eigenvalue weighted by atomic mass is 10.3. The molecule has 0 saturated heterocycles. The van der Waals surface area contributed by atoms with E-state index in [9.17, 15) is 4.79 Å². The van der Waals surface area contributed by atoms with Crippen LogP contribution in [0.15, 0.2) is 40.5 Å². The molecule has 25 heavy (non-hydrogen) atoms. The van der Waals surface area contributed by atoms with Crippen molar-refractivity contribution in [2.24, 2.45) is 0 Å². The number of fused-ring (bicyclic) bond motifs is 1. The van der Waals surface area contributed by atoms with Crippen LogP contribution in [0.4, 0.5) is 9.93 Å². The van der Waals surface area contributed by atoms with Crippen molar-refractivity contribution >= 4 is 44.5 Å². The van der Waals surface area contributed by atoms with Crippen LogP contribution in [-0.2, 0) is 11.3 Å². The Morgan fingerprint density at radius 1 is 1.48 bits per heavy atom. The monoisotopic (exact) mass is 378 g/mol. The van der Waals surface area contributed by atoms with Crippen molar-refractivity contribution in [1.29, 1.82) is 0 Å². The third kappa shape index (κ3) is 4.48. The fraction of sp³-hybridized carbons (Fsp3) is 0.200. The van der Waals surface area contributed by atoms with Crippen molar-refractivity contribution in [2.45, 2.75) is 11.8 Å². The minimum Gasteiger partial charge on any atom is -0.484 e. The first-order valence-electron chi connectivity index (χ1n) is 7.12. The Morgan fingerprint density at radius 2 is 2.36 bits per heavy atom. The Kier molecular flexibility index (Phi) is 5.51. The fourth-order valence-corrected chi connectivity index (χ4v) is 3.21. The number of hydrogen-bond donors (Lipinski definition) is 1. The molecule has 0 radical (unpaired) electrons. The summed E-state index contributed by atoms with van der Waals surface area (Å²) in [6.45, 7) is 3.80. The van der Waals surface area contributed by atoms with Crippen molar-refractivity contribution in [3.63, 3.8) is 0 Å². The van der Waals surface area contributed by atoms with Crippen LogP contribution in [0.1, 0.15) is 5.89 Å². The van der Waals surface area contributed by atoms with Crippen LogP contribution in [0, 0.1) is 0 Å². The Morgan fingerprint density at radius 3 is 3.16 bits per heavy atom. The minimum absolute atomic E-state index is 0.166. The van der Waals surface area contributed by atoms with Gasteiger partial charge < -0.3 is 13.9 Å². The molecular weight excluding hydrogens is 364 g/mol. The zero-order valence-electron chi connectivity index (χ0n) is 13.2. The van der Waals surface area contributed by atoms with Crippen LogP contribution in [0.25, 0.3) is 10.2 Å². The smallest absolute Gasteiger partial charge is 0.413 e. The van der Waals surface area contributed by atoms with Crippen LogP contribution in [0.3, 0.4) is 0 Å². The van der Waals surface area contributed by atoms with Gasteiger partial charge in [-0.05, 0) is 18.2 Å². The fourth-order valence-electron chi connectivity index (χ4n) is 1.82. The minimum atomic E-state index is -0.558. The van der Waals surface area contributed by atoms with Crippen molar-refractivity contribution in [3.05, 3.63) is 36.7 Å². The van der Waals surface area contributed by atoms with Gasteiger partial charge in [0.25, 0.3) is 11.1 Å².